The Hall–Kier alpha value is -4.17. The second-order valence-corrected chi connectivity index (χ2v) is 8.77. The van der Waals surface area contributed by atoms with Gasteiger partial charge in [0.25, 0.3) is 0 Å². The molecule has 2 heteroatoms. The molecule has 0 bridgehead atoms. The van der Waals surface area contributed by atoms with Crippen LogP contribution >= 0.6 is 0 Å². The van der Waals surface area contributed by atoms with Crippen molar-refractivity contribution in [1.29, 1.82) is 0 Å². The Balaban J connectivity index is 1.44. The smallest absolute Gasteiger partial charge is 0.125 e. The number of benzene rings is 5. The van der Waals surface area contributed by atoms with Crippen LogP contribution in [0.4, 0.5) is 4.39 Å². The summed E-state index contributed by atoms with van der Waals surface area (Å²) in [5.74, 6) is -0.228. The van der Waals surface area contributed by atoms with E-state index in [1.54, 1.807) is 12.1 Å². The molecule has 0 radical (unpaired) electrons. The van der Waals surface area contributed by atoms with Crippen LogP contribution in [0.2, 0.25) is 0 Å². The molecule has 0 amide bonds. The van der Waals surface area contributed by atoms with Gasteiger partial charge in [0.2, 0.25) is 0 Å². The van der Waals surface area contributed by atoms with Crippen molar-refractivity contribution in [3.63, 3.8) is 0 Å². The lowest BCUT2D eigenvalue weighted by molar-refractivity contribution is 0.627. The maximum absolute atomic E-state index is 14.0. The van der Waals surface area contributed by atoms with Gasteiger partial charge in [-0.15, -0.1) is 0 Å². The van der Waals surface area contributed by atoms with Gasteiger partial charge in [-0.1, -0.05) is 66.7 Å². The summed E-state index contributed by atoms with van der Waals surface area (Å²) < 4.78 is 16.2. The second-order valence-electron chi connectivity index (χ2n) is 8.77. The Morgan fingerprint density at radius 3 is 2.24 bits per heavy atom. The van der Waals surface area contributed by atoms with Crippen molar-refractivity contribution in [2.75, 3.05) is 0 Å². The molecule has 0 unspecified atom stereocenters. The van der Waals surface area contributed by atoms with E-state index in [0.717, 1.165) is 23.1 Å². The zero-order valence-corrected chi connectivity index (χ0v) is 17.9. The highest BCUT2D eigenvalue weighted by molar-refractivity contribution is 6.10. The molecule has 0 spiro atoms. The molecule has 156 valence electrons. The minimum absolute atomic E-state index is 0.228. The van der Waals surface area contributed by atoms with Gasteiger partial charge in [0.15, 0.2) is 0 Å². The number of aromatic nitrogens is 1. The topological polar surface area (TPSA) is 4.93 Å². The van der Waals surface area contributed by atoms with Gasteiger partial charge < -0.3 is 4.57 Å². The molecule has 1 aliphatic rings. The van der Waals surface area contributed by atoms with Crippen LogP contribution in [-0.2, 0) is 6.42 Å². The number of hydrogen-bond donors (Lipinski definition) is 0. The van der Waals surface area contributed by atoms with Crippen LogP contribution in [0.5, 0.6) is 0 Å². The molecule has 0 atom stereocenters. The number of hydrogen-bond acceptors (Lipinski definition) is 0. The van der Waals surface area contributed by atoms with E-state index in [1.165, 1.54) is 50.2 Å². The van der Waals surface area contributed by atoms with Crippen LogP contribution in [0, 0.1) is 5.82 Å². The normalized spacial score (nSPS) is 12.3. The molecule has 1 aromatic heterocycles. The van der Waals surface area contributed by atoms with E-state index in [1.807, 2.05) is 12.1 Å². The first-order valence-electron chi connectivity index (χ1n) is 11.3. The monoisotopic (exact) mass is 425 g/mol. The summed E-state index contributed by atoms with van der Waals surface area (Å²) in [6.45, 7) is 0. The Bertz CT molecular complexity index is 1710. The lowest BCUT2D eigenvalue weighted by Crippen LogP contribution is -1.94. The number of nitrogens with zero attached hydrogens (tertiary/aromatic N) is 1. The third kappa shape index (κ3) is 2.77. The number of rotatable bonds is 2. The summed E-state index contributed by atoms with van der Waals surface area (Å²) in [7, 11) is 0. The Morgan fingerprint density at radius 1 is 0.545 bits per heavy atom. The van der Waals surface area contributed by atoms with Crippen molar-refractivity contribution in [2.45, 2.75) is 6.42 Å². The third-order valence-corrected chi connectivity index (χ3v) is 6.87. The molecule has 1 heterocycles. The summed E-state index contributed by atoms with van der Waals surface area (Å²) in [4.78, 5) is 0. The van der Waals surface area contributed by atoms with Crippen molar-refractivity contribution in [3.8, 4) is 27.9 Å². The fourth-order valence-electron chi connectivity index (χ4n) is 5.35. The second kappa shape index (κ2) is 6.91. The molecule has 0 N–H and O–H groups in total. The average Bonchev–Trinajstić information content (AvgIpc) is 3.39. The Morgan fingerprint density at radius 2 is 1.30 bits per heavy atom. The quantitative estimate of drug-likeness (QED) is 0.263. The van der Waals surface area contributed by atoms with Crippen LogP contribution < -0.4 is 0 Å². The predicted octanol–water partition coefficient (Wildman–Crippen LogP) is 8.16. The van der Waals surface area contributed by atoms with Crippen LogP contribution in [-0.4, -0.2) is 4.57 Å². The van der Waals surface area contributed by atoms with E-state index in [4.69, 9.17) is 0 Å². The number of halogens is 1. The van der Waals surface area contributed by atoms with Crippen molar-refractivity contribution >= 4 is 21.8 Å². The van der Waals surface area contributed by atoms with E-state index >= 15 is 0 Å². The van der Waals surface area contributed by atoms with E-state index < -0.39 is 0 Å². The van der Waals surface area contributed by atoms with Gasteiger partial charge in [0.1, 0.15) is 5.82 Å². The Kier molecular flexibility index (Phi) is 3.86. The highest BCUT2D eigenvalue weighted by Crippen LogP contribution is 2.40. The Labute approximate surface area is 191 Å². The largest absolute Gasteiger partial charge is 0.309 e. The third-order valence-electron chi connectivity index (χ3n) is 6.87. The van der Waals surface area contributed by atoms with Gasteiger partial charge in [-0.2, -0.15) is 0 Å². The van der Waals surface area contributed by atoms with Crippen molar-refractivity contribution in [3.05, 3.63) is 126 Å². The van der Waals surface area contributed by atoms with Gasteiger partial charge in [-0.3, -0.25) is 0 Å². The maximum atomic E-state index is 14.0. The number of para-hydroxylation sites is 1. The molecule has 33 heavy (non-hydrogen) atoms. The van der Waals surface area contributed by atoms with Crippen LogP contribution in [0.1, 0.15) is 11.1 Å². The highest BCUT2D eigenvalue weighted by Gasteiger charge is 2.19. The van der Waals surface area contributed by atoms with E-state index in [2.05, 4.69) is 83.4 Å². The standard InChI is InChI=1S/C31H20FN/c32-24-7-5-8-25(19-24)33-30-11-4-3-10-27(30)29-18-21(14-15-31(29)33)20-12-13-23-16-22-6-1-2-9-26(22)28(23)17-20/h1-15,17-19H,16H2. The lowest BCUT2D eigenvalue weighted by Gasteiger charge is -2.09. The fraction of sp³-hybridized carbons (Fsp3) is 0.0323. The summed E-state index contributed by atoms with van der Waals surface area (Å²) in [6.07, 6.45) is 1.01. The molecule has 0 fully saturated rings. The first-order chi connectivity index (χ1) is 16.3. The van der Waals surface area contributed by atoms with Crippen LogP contribution in [0.25, 0.3) is 49.7 Å². The zero-order chi connectivity index (χ0) is 21.9. The molecule has 0 aliphatic heterocycles. The number of fused-ring (bicyclic) bond motifs is 6. The van der Waals surface area contributed by atoms with Gasteiger partial charge in [-0.25, -0.2) is 4.39 Å². The summed E-state index contributed by atoms with van der Waals surface area (Å²) >= 11 is 0. The van der Waals surface area contributed by atoms with Gasteiger partial charge in [-0.05, 0) is 82.3 Å². The minimum atomic E-state index is -0.228. The van der Waals surface area contributed by atoms with Crippen LogP contribution in [0.15, 0.2) is 109 Å². The average molecular weight is 426 g/mol. The first-order valence-corrected chi connectivity index (χ1v) is 11.3. The molecule has 5 aromatic carbocycles. The zero-order valence-electron chi connectivity index (χ0n) is 17.9. The highest BCUT2D eigenvalue weighted by atomic mass is 19.1. The van der Waals surface area contributed by atoms with E-state index in [9.17, 15) is 4.39 Å². The maximum Gasteiger partial charge on any atom is 0.125 e. The molecule has 7 rings (SSSR count). The van der Waals surface area contributed by atoms with Gasteiger partial charge >= 0.3 is 0 Å². The lowest BCUT2D eigenvalue weighted by atomic mass is 9.97. The summed E-state index contributed by atoms with van der Waals surface area (Å²) in [5.41, 5.74) is 10.9. The first kappa shape index (κ1) is 18.4. The molecular weight excluding hydrogens is 405 g/mol. The summed E-state index contributed by atoms with van der Waals surface area (Å²) in [5, 5.41) is 2.35. The minimum Gasteiger partial charge on any atom is -0.309 e. The van der Waals surface area contributed by atoms with Crippen molar-refractivity contribution < 1.29 is 4.39 Å². The predicted molar refractivity (Wildman–Crippen MR) is 134 cm³/mol. The summed E-state index contributed by atoms with van der Waals surface area (Å²) in [6, 6.07) is 37.3. The SMILES string of the molecule is Fc1cccc(-n2c3ccccc3c3cc(-c4ccc5c(c4)-c4ccccc4C5)ccc32)c1. The fourth-order valence-corrected chi connectivity index (χ4v) is 5.35. The van der Waals surface area contributed by atoms with Crippen LogP contribution in [0.3, 0.4) is 0 Å². The molecule has 0 saturated carbocycles. The van der Waals surface area contributed by atoms with Gasteiger partial charge in [0, 0.05) is 16.5 Å². The van der Waals surface area contributed by atoms with Crippen molar-refractivity contribution in [1.82, 2.24) is 4.57 Å². The molecule has 1 aliphatic carbocycles. The molecular formula is C31H20FN. The van der Waals surface area contributed by atoms with Crippen molar-refractivity contribution in [2.24, 2.45) is 0 Å². The van der Waals surface area contributed by atoms with Gasteiger partial charge in [0.05, 0.1) is 11.0 Å². The van der Waals surface area contributed by atoms with E-state index in [-0.39, 0.29) is 5.82 Å². The molecule has 1 nitrogen and oxygen atoms in total. The molecule has 6 aromatic rings. The molecule has 0 saturated heterocycles. The van der Waals surface area contributed by atoms with E-state index in [0.29, 0.717) is 0 Å².